The lowest BCUT2D eigenvalue weighted by molar-refractivity contribution is 0.583. The molecular formula is C9H15N7. The van der Waals surface area contributed by atoms with Gasteiger partial charge in [-0.2, -0.15) is 0 Å². The van der Waals surface area contributed by atoms with Gasteiger partial charge in [0, 0.05) is 13.1 Å². The van der Waals surface area contributed by atoms with Crippen molar-refractivity contribution in [3.63, 3.8) is 0 Å². The molecule has 86 valence electrons. The molecule has 0 aliphatic heterocycles. The lowest BCUT2D eigenvalue weighted by Crippen LogP contribution is -2.09. The van der Waals surface area contributed by atoms with Crippen LogP contribution in [-0.4, -0.2) is 29.8 Å². The number of aromatic nitrogens is 6. The van der Waals surface area contributed by atoms with Crippen molar-refractivity contribution in [1.29, 1.82) is 0 Å². The Balaban J connectivity index is 2.19. The van der Waals surface area contributed by atoms with Gasteiger partial charge in [0.15, 0.2) is 5.82 Å². The topological polar surface area (TPSA) is 87.4 Å². The summed E-state index contributed by atoms with van der Waals surface area (Å²) < 4.78 is 3.77. The summed E-state index contributed by atoms with van der Waals surface area (Å²) in [5.74, 6) is 1.80. The summed E-state index contributed by atoms with van der Waals surface area (Å²) in [6.45, 7) is 5.83. The number of hydrogen-bond donors (Lipinski definition) is 1. The van der Waals surface area contributed by atoms with Crippen molar-refractivity contribution in [2.24, 2.45) is 5.73 Å². The van der Waals surface area contributed by atoms with E-state index >= 15 is 0 Å². The smallest absolute Gasteiger partial charge is 0.154 e. The van der Waals surface area contributed by atoms with E-state index in [-0.39, 0.29) is 0 Å². The molecule has 0 aromatic carbocycles. The maximum atomic E-state index is 5.47. The number of nitrogens with two attached hydrogens (primary N) is 1. The summed E-state index contributed by atoms with van der Waals surface area (Å²) in [6.07, 6.45) is 1.82. The first-order chi connectivity index (χ1) is 7.74. The van der Waals surface area contributed by atoms with E-state index in [0.29, 0.717) is 13.1 Å². The molecule has 2 heterocycles. The molecule has 0 spiro atoms. The van der Waals surface area contributed by atoms with Gasteiger partial charge < -0.3 is 10.3 Å². The van der Waals surface area contributed by atoms with Crippen molar-refractivity contribution in [2.45, 2.75) is 33.5 Å². The van der Waals surface area contributed by atoms with Crippen LogP contribution < -0.4 is 5.73 Å². The predicted octanol–water partition coefficient (Wildman–Crippen LogP) is -0.295. The van der Waals surface area contributed by atoms with Crippen LogP contribution in [0.4, 0.5) is 0 Å². The molecule has 7 heteroatoms. The molecule has 2 N–H and O–H groups in total. The van der Waals surface area contributed by atoms with Gasteiger partial charge in [0.2, 0.25) is 0 Å². The Morgan fingerprint density at radius 3 is 2.75 bits per heavy atom. The summed E-state index contributed by atoms with van der Waals surface area (Å²) in [7, 11) is 0. The zero-order valence-corrected chi connectivity index (χ0v) is 9.46. The third-order valence-electron chi connectivity index (χ3n) is 2.43. The van der Waals surface area contributed by atoms with Crippen LogP contribution in [0.25, 0.3) is 0 Å². The van der Waals surface area contributed by atoms with Gasteiger partial charge in [0.05, 0.1) is 11.9 Å². The molecule has 0 amide bonds. The maximum absolute atomic E-state index is 5.47. The Labute approximate surface area is 93.3 Å². The van der Waals surface area contributed by atoms with E-state index in [1.807, 2.05) is 17.7 Å². The zero-order valence-electron chi connectivity index (χ0n) is 9.46. The van der Waals surface area contributed by atoms with E-state index in [0.717, 1.165) is 23.9 Å². The van der Waals surface area contributed by atoms with E-state index in [1.165, 1.54) is 0 Å². The van der Waals surface area contributed by atoms with Crippen LogP contribution in [0, 0.1) is 6.92 Å². The lowest BCUT2D eigenvalue weighted by Gasteiger charge is -2.04. The highest BCUT2D eigenvalue weighted by Crippen LogP contribution is 2.03. The van der Waals surface area contributed by atoms with Crippen molar-refractivity contribution in [3.8, 4) is 0 Å². The molecule has 16 heavy (non-hydrogen) atoms. The van der Waals surface area contributed by atoms with Gasteiger partial charge in [-0.3, -0.25) is 0 Å². The minimum absolute atomic E-state index is 0.402. The highest BCUT2D eigenvalue weighted by molar-refractivity contribution is 4.97. The number of aryl methyl sites for hydroxylation is 1. The molecule has 0 bridgehead atoms. The minimum Gasteiger partial charge on any atom is -0.325 e. The standard InChI is InChI=1S/C9H15N7/c1-3-16-7(2)11-13-9(16)6-15-5-8(4-10)12-14-15/h5H,3-4,6,10H2,1-2H3. The van der Waals surface area contributed by atoms with Crippen molar-refractivity contribution in [2.75, 3.05) is 0 Å². The summed E-state index contributed by atoms with van der Waals surface area (Å²) >= 11 is 0. The Kier molecular flexibility index (Phi) is 2.95. The molecule has 0 aliphatic rings. The second-order valence-corrected chi connectivity index (χ2v) is 3.52. The van der Waals surface area contributed by atoms with Crippen LogP contribution in [0.3, 0.4) is 0 Å². The van der Waals surface area contributed by atoms with Crippen LogP contribution in [0.15, 0.2) is 6.20 Å². The summed E-state index contributed by atoms with van der Waals surface area (Å²) in [4.78, 5) is 0. The Morgan fingerprint density at radius 2 is 2.12 bits per heavy atom. The summed E-state index contributed by atoms with van der Waals surface area (Å²) in [5, 5.41) is 16.0. The van der Waals surface area contributed by atoms with Crippen LogP contribution in [0.5, 0.6) is 0 Å². The Hall–Kier alpha value is -1.76. The van der Waals surface area contributed by atoms with Crippen LogP contribution >= 0.6 is 0 Å². The van der Waals surface area contributed by atoms with Gasteiger partial charge in [-0.15, -0.1) is 15.3 Å². The first-order valence-electron chi connectivity index (χ1n) is 5.22. The molecule has 2 aromatic heterocycles. The normalized spacial score (nSPS) is 10.9. The van der Waals surface area contributed by atoms with E-state index in [9.17, 15) is 0 Å². The van der Waals surface area contributed by atoms with E-state index < -0.39 is 0 Å². The van der Waals surface area contributed by atoms with E-state index in [1.54, 1.807) is 4.68 Å². The molecule has 0 fully saturated rings. The monoisotopic (exact) mass is 221 g/mol. The molecule has 0 saturated heterocycles. The Morgan fingerprint density at radius 1 is 1.31 bits per heavy atom. The van der Waals surface area contributed by atoms with Gasteiger partial charge in [0.1, 0.15) is 12.4 Å². The number of hydrogen-bond acceptors (Lipinski definition) is 5. The fraction of sp³-hybridized carbons (Fsp3) is 0.556. The van der Waals surface area contributed by atoms with Crippen molar-refractivity contribution >= 4 is 0 Å². The largest absolute Gasteiger partial charge is 0.325 e. The van der Waals surface area contributed by atoms with Crippen molar-refractivity contribution < 1.29 is 0 Å². The zero-order chi connectivity index (χ0) is 11.5. The summed E-state index contributed by atoms with van der Waals surface area (Å²) in [6, 6.07) is 0. The van der Waals surface area contributed by atoms with Gasteiger partial charge >= 0.3 is 0 Å². The number of rotatable bonds is 4. The van der Waals surface area contributed by atoms with E-state index in [4.69, 9.17) is 5.73 Å². The molecular weight excluding hydrogens is 206 g/mol. The third-order valence-corrected chi connectivity index (χ3v) is 2.43. The maximum Gasteiger partial charge on any atom is 0.154 e. The highest BCUT2D eigenvalue weighted by Gasteiger charge is 2.08. The molecule has 0 radical (unpaired) electrons. The van der Waals surface area contributed by atoms with Gasteiger partial charge in [0.25, 0.3) is 0 Å². The van der Waals surface area contributed by atoms with Crippen molar-refractivity contribution in [1.82, 2.24) is 29.8 Å². The molecule has 0 atom stereocenters. The molecule has 0 unspecified atom stereocenters. The van der Waals surface area contributed by atoms with Crippen LogP contribution in [0.1, 0.15) is 24.3 Å². The fourth-order valence-corrected chi connectivity index (χ4v) is 1.61. The molecule has 2 rings (SSSR count). The molecule has 2 aromatic rings. The first-order valence-corrected chi connectivity index (χ1v) is 5.22. The molecule has 0 aliphatic carbocycles. The molecule has 7 nitrogen and oxygen atoms in total. The Bertz CT molecular complexity index is 470. The van der Waals surface area contributed by atoms with Crippen molar-refractivity contribution in [3.05, 3.63) is 23.5 Å². The predicted molar refractivity (Wildman–Crippen MR) is 57.4 cm³/mol. The third kappa shape index (κ3) is 1.94. The average Bonchev–Trinajstić information content (AvgIpc) is 2.86. The lowest BCUT2D eigenvalue weighted by atomic mass is 10.5. The quantitative estimate of drug-likeness (QED) is 0.766. The SMILES string of the molecule is CCn1c(C)nnc1Cn1cc(CN)nn1. The molecule has 0 saturated carbocycles. The first kappa shape index (κ1) is 10.7. The average molecular weight is 221 g/mol. The van der Waals surface area contributed by atoms with E-state index in [2.05, 4.69) is 27.4 Å². The fourth-order valence-electron chi connectivity index (χ4n) is 1.61. The van der Waals surface area contributed by atoms with Gasteiger partial charge in [-0.05, 0) is 13.8 Å². The van der Waals surface area contributed by atoms with Crippen LogP contribution in [-0.2, 0) is 19.6 Å². The second-order valence-electron chi connectivity index (χ2n) is 3.52. The van der Waals surface area contributed by atoms with Gasteiger partial charge in [-0.1, -0.05) is 5.21 Å². The number of nitrogens with zero attached hydrogens (tertiary/aromatic N) is 6. The highest BCUT2D eigenvalue weighted by atomic mass is 15.4. The van der Waals surface area contributed by atoms with Crippen LogP contribution in [0.2, 0.25) is 0 Å². The summed E-state index contributed by atoms with van der Waals surface area (Å²) in [5.41, 5.74) is 6.24. The minimum atomic E-state index is 0.402. The van der Waals surface area contributed by atoms with Gasteiger partial charge in [-0.25, -0.2) is 4.68 Å². The second kappa shape index (κ2) is 4.40.